The van der Waals surface area contributed by atoms with Crippen LogP contribution < -0.4 is 10.6 Å². The molecule has 1 heterocycles. The first-order valence-corrected chi connectivity index (χ1v) is 16.2. The number of nitrogens with one attached hydrogen (secondary N) is 2. The third-order valence-electron chi connectivity index (χ3n) is 7.56. The maximum atomic E-state index is 13.7. The van der Waals surface area contributed by atoms with Crippen LogP contribution in [0.1, 0.15) is 72.1 Å². The van der Waals surface area contributed by atoms with Crippen LogP contribution in [-0.4, -0.2) is 72.7 Å². The van der Waals surface area contributed by atoms with Crippen LogP contribution in [0.4, 0.5) is 4.79 Å². The van der Waals surface area contributed by atoms with Crippen molar-refractivity contribution in [1.82, 2.24) is 15.5 Å². The van der Waals surface area contributed by atoms with E-state index in [1.807, 2.05) is 24.3 Å². The predicted molar refractivity (Wildman–Crippen MR) is 154 cm³/mol. The molecule has 1 aromatic carbocycles. The lowest BCUT2D eigenvalue weighted by molar-refractivity contribution is -0.142. The van der Waals surface area contributed by atoms with Crippen LogP contribution in [0.5, 0.6) is 0 Å². The van der Waals surface area contributed by atoms with Crippen LogP contribution in [0, 0.1) is 17.3 Å². The smallest absolute Gasteiger partial charge is 0.405 e. The molecule has 1 unspecified atom stereocenters. The highest BCUT2D eigenvalue weighted by atomic mass is 28.4. The molecule has 0 aromatic heterocycles. The van der Waals surface area contributed by atoms with Gasteiger partial charge in [-0.05, 0) is 48.2 Å². The Kier molecular flexibility index (Phi) is 10.4. The minimum atomic E-state index is -2.14. The quantitative estimate of drug-likeness (QED) is 0.283. The maximum absolute atomic E-state index is 13.7. The van der Waals surface area contributed by atoms with E-state index >= 15 is 0 Å². The summed E-state index contributed by atoms with van der Waals surface area (Å²) in [5.41, 5.74) is 0.943. The number of nitrogens with zero attached hydrogens (tertiary/aromatic N) is 1. The van der Waals surface area contributed by atoms with Gasteiger partial charge in [0.25, 0.3) is 0 Å². The Hall–Kier alpha value is -2.87. The summed E-state index contributed by atoms with van der Waals surface area (Å²) in [6, 6.07) is 5.04. The van der Waals surface area contributed by atoms with E-state index < -0.39 is 55.9 Å². The lowest BCUT2D eigenvalue weighted by atomic mass is 9.85. The fraction of sp³-hybridized carbons (Fsp3) is 0.621. The van der Waals surface area contributed by atoms with Crippen molar-refractivity contribution in [1.29, 1.82) is 0 Å². The van der Waals surface area contributed by atoms with Gasteiger partial charge in [-0.1, -0.05) is 59.6 Å². The van der Waals surface area contributed by atoms with Crippen LogP contribution in [0.2, 0.25) is 18.1 Å². The highest BCUT2D eigenvalue weighted by molar-refractivity contribution is 6.74. The van der Waals surface area contributed by atoms with Crippen molar-refractivity contribution >= 4 is 26.2 Å². The van der Waals surface area contributed by atoms with E-state index in [1.54, 1.807) is 27.7 Å². The summed E-state index contributed by atoms with van der Waals surface area (Å²) < 4.78 is 6.46. The first-order chi connectivity index (χ1) is 17.9. The SMILES string of the molecule is CC#Cc1ccc([C@H](CO[Si](C)(C)C(C)(C)C)NC(=O)[C@@H]2C[C@@H](O)CN2C(=O)C(NC(=O)O)C(C)(C)C)cc1. The predicted octanol–water partition coefficient (Wildman–Crippen LogP) is 3.88. The standard InChI is InChI=1S/C29H45N3O6Si/c1-10-11-19-12-14-20(15-13-19)22(18-38-39(8,9)29(5,6)7)30-25(34)23-16-21(33)17-32(23)26(35)24(28(2,3)4)31-27(36)37/h12-15,21-24,31,33H,16-18H2,1-9H3,(H,30,34)(H,36,37)/t21-,22+,23+,24?/m1/s1. The highest BCUT2D eigenvalue weighted by Gasteiger charge is 2.45. The Morgan fingerprint density at radius 3 is 2.18 bits per heavy atom. The van der Waals surface area contributed by atoms with E-state index in [0.717, 1.165) is 11.1 Å². The molecule has 4 N–H and O–H groups in total. The van der Waals surface area contributed by atoms with Crippen LogP contribution in [0.25, 0.3) is 0 Å². The number of likely N-dealkylation sites (tertiary alicyclic amines) is 1. The second-order valence-electron chi connectivity index (χ2n) is 12.8. The summed E-state index contributed by atoms with van der Waals surface area (Å²) in [4.78, 5) is 39.8. The van der Waals surface area contributed by atoms with Gasteiger partial charge in [0.05, 0.1) is 18.8 Å². The number of aliphatic hydroxyl groups is 1. The number of carbonyl (C=O) groups excluding carboxylic acids is 2. The number of aliphatic hydroxyl groups excluding tert-OH is 1. The van der Waals surface area contributed by atoms with Gasteiger partial charge >= 0.3 is 6.09 Å². The second kappa shape index (κ2) is 12.5. The van der Waals surface area contributed by atoms with Gasteiger partial charge in [0.15, 0.2) is 8.32 Å². The van der Waals surface area contributed by atoms with E-state index in [9.17, 15) is 24.6 Å². The van der Waals surface area contributed by atoms with Gasteiger partial charge in [-0.25, -0.2) is 4.79 Å². The number of rotatable bonds is 8. The lowest BCUT2D eigenvalue weighted by Gasteiger charge is -2.38. The molecule has 0 bridgehead atoms. The van der Waals surface area contributed by atoms with E-state index in [2.05, 4.69) is 56.3 Å². The fourth-order valence-corrected chi connectivity index (χ4v) is 5.20. The summed E-state index contributed by atoms with van der Waals surface area (Å²) in [5.74, 6) is 4.92. The van der Waals surface area contributed by atoms with Crippen LogP contribution in [-0.2, 0) is 14.0 Å². The van der Waals surface area contributed by atoms with E-state index in [1.165, 1.54) is 4.90 Å². The molecule has 0 radical (unpaired) electrons. The zero-order valence-electron chi connectivity index (χ0n) is 24.7. The molecule has 0 aliphatic carbocycles. The summed E-state index contributed by atoms with van der Waals surface area (Å²) in [5, 5.41) is 25.1. The number of hydrogen-bond acceptors (Lipinski definition) is 5. The number of amides is 3. The molecule has 1 aliphatic heterocycles. The van der Waals surface area contributed by atoms with Crippen molar-refractivity contribution in [3.8, 4) is 11.8 Å². The largest absolute Gasteiger partial charge is 0.465 e. The van der Waals surface area contributed by atoms with Gasteiger partial charge in [0.1, 0.15) is 12.1 Å². The van der Waals surface area contributed by atoms with Crippen LogP contribution >= 0.6 is 0 Å². The van der Waals surface area contributed by atoms with Gasteiger partial charge in [-0.3, -0.25) is 9.59 Å². The molecule has 0 saturated carbocycles. The Labute approximate surface area is 233 Å². The van der Waals surface area contributed by atoms with Crippen LogP contribution in [0.3, 0.4) is 0 Å². The van der Waals surface area contributed by atoms with E-state index in [0.29, 0.717) is 0 Å². The molecule has 9 nitrogen and oxygen atoms in total. The van der Waals surface area contributed by atoms with Gasteiger partial charge in [0.2, 0.25) is 11.8 Å². The van der Waals surface area contributed by atoms with E-state index in [4.69, 9.17) is 4.43 Å². The molecular formula is C29H45N3O6Si. The second-order valence-corrected chi connectivity index (χ2v) is 17.6. The van der Waals surface area contributed by atoms with E-state index in [-0.39, 0.29) is 24.6 Å². The zero-order chi connectivity index (χ0) is 29.8. The third kappa shape index (κ3) is 8.55. The number of carboxylic acid groups (broad SMARTS) is 1. The summed E-state index contributed by atoms with van der Waals surface area (Å²) in [7, 11) is -2.14. The summed E-state index contributed by atoms with van der Waals surface area (Å²) >= 11 is 0. The molecule has 1 aliphatic rings. The van der Waals surface area contributed by atoms with Crippen molar-refractivity contribution in [2.24, 2.45) is 5.41 Å². The molecule has 1 aromatic rings. The Morgan fingerprint density at radius 1 is 1.10 bits per heavy atom. The van der Waals surface area contributed by atoms with Gasteiger partial charge in [0, 0.05) is 18.5 Å². The highest BCUT2D eigenvalue weighted by Crippen LogP contribution is 2.37. The van der Waals surface area contributed by atoms with Crippen molar-refractivity contribution < 1.29 is 29.0 Å². The molecule has 216 valence electrons. The average Bonchev–Trinajstić information content (AvgIpc) is 3.21. The van der Waals surface area contributed by atoms with Gasteiger partial charge in [-0.2, -0.15) is 0 Å². The number of benzene rings is 1. The number of β-amino-alcohol motifs (C(OH)–C–C–N with tert-alkyl or cyclic N) is 1. The van der Waals surface area contributed by atoms with Gasteiger partial charge in [-0.15, -0.1) is 5.92 Å². The lowest BCUT2D eigenvalue weighted by Crippen LogP contribution is -2.57. The molecule has 1 saturated heterocycles. The zero-order valence-corrected chi connectivity index (χ0v) is 25.7. The third-order valence-corrected chi connectivity index (χ3v) is 12.1. The average molecular weight is 560 g/mol. The Balaban J connectivity index is 2.35. The minimum absolute atomic E-state index is 0.0278. The van der Waals surface area contributed by atoms with Crippen molar-refractivity contribution in [3.05, 3.63) is 35.4 Å². The van der Waals surface area contributed by atoms with Crippen molar-refractivity contribution in [2.75, 3.05) is 13.2 Å². The molecule has 3 amide bonds. The topological polar surface area (TPSA) is 128 Å². The summed E-state index contributed by atoms with van der Waals surface area (Å²) in [6.45, 7) is 17.9. The molecular weight excluding hydrogens is 514 g/mol. The summed E-state index contributed by atoms with van der Waals surface area (Å²) in [6.07, 6.45) is -2.17. The molecule has 1 fully saturated rings. The van der Waals surface area contributed by atoms with Gasteiger partial charge < -0.3 is 30.2 Å². The molecule has 0 spiro atoms. The molecule has 4 atom stereocenters. The molecule has 2 rings (SSSR count). The Bertz CT molecular complexity index is 1100. The maximum Gasteiger partial charge on any atom is 0.405 e. The number of carbonyl (C=O) groups is 3. The first-order valence-electron chi connectivity index (χ1n) is 13.3. The van der Waals surface area contributed by atoms with Crippen LogP contribution in [0.15, 0.2) is 24.3 Å². The minimum Gasteiger partial charge on any atom is -0.465 e. The Morgan fingerprint density at radius 2 is 1.69 bits per heavy atom. The monoisotopic (exact) mass is 559 g/mol. The first kappa shape index (κ1) is 32.3. The molecule has 39 heavy (non-hydrogen) atoms. The fourth-order valence-electron chi connectivity index (χ4n) is 4.18. The van der Waals surface area contributed by atoms with Crippen molar-refractivity contribution in [3.63, 3.8) is 0 Å². The normalized spacial score (nSPS) is 19.5. The molecule has 10 heteroatoms. The number of hydrogen-bond donors (Lipinski definition) is 4. The van der Waals surface area contributed by atoms with Crippen molar-refractivity contribution in [2.45, 2.75) is 97.2 Å².